The molecule has 1 amide bonds. The Balaban J connectivity index is 1.23. The molecule has 0 radical (unpaired) electrons. The van der Waals surface area contributed by atoms with E-state index in [0.29, 0.717) is 13.0 Å². The van der Waals surface area contributed by atoms with Crippen LogP contribution in [-0.4, -0.2) is 44.2 Å². The lowest BCUT2D eigenvalue weighted by atomic mass is 9.93. The van der Waals surface area contributed by atoms with Gasteiger partial charge in [-0.25, -0.2) is 9.50 Å². The van der Waals surface area contributed by atoms with Gasteiger partial charge in [-0.3, -0.25) is 9.78 Å². The highest BCUT2D eigenvalue weighted by Gasteiger charge is 2.40. The van der Waals surface area contributed by atoms with Crippen molar-refractivity contribution in [1.82, 2.24) is 24.9 Å². The normalized spacial score (nSPS) is 23.2. The number of amides is 1. The first kappa shape index (κ1) is 16.1. The Hall–Kier alpha value is -3.06. The molecule has 2 aliphatic heterocycles. The molecule has 136 valence electrons. The van der Waals surface area contributed by atoms with Gasteiger partial charge in [-0.1, -0.05) is 12.2 Å². The molecule has 3 aromatic heterocycles. The fourth-order valence-electron chi connectivity index (χ4n) is 3.71. The molecule has 27 heavy (non-hydrogen) atoms. The third-order valence-electron chi connectivity index (χ3n) is 5.10. The number of rotatable bonds is 5. The summed E-state index contributed by atoms with van der Waals surface area (Å²) in [6.07, 6.45) is 10.9. The summed E-state index contributed by atoms with van der Waals surface area (Å²) in [4.78, 5) is 21.0. The van der Waals surface area contributed by atoms with Crippen molar-refractivity contribution in [3.63, 3.8) is 0 Å². The molecular formula is C20H19N5O2. The minimum atomic E-state index is -0.0642. The van der Waals surface area contributed by atoms with Crippen molar-refractivity contribution in [3.8, 4) is 11.3 Å². The lowest BCUT2D eigenvalue weighted by Gasteiger charge is -2.14. The van der Waals surface area contributed by atoms with Gasteiger partial charge in [0.2, 0.25) is 5.91 Å². The van der Waals surface area contributed by atoms with Gasteiger partial charge in [0.15, 0.2) is 5.65 Å². The number of carbonyl (C=O) groups excluding carboxylic acids is 1. The molecule has 1 saturated heterocycles. The number of aromatic nitrogens is 4. The van der Waals surface area contributed by atoms with Crippen molar-refractivity contribution in [2.45, 2.75) is 25.0 Å². The van der Waals surface area contributed by atoms with E-state index in [9.17, 15) is 4.79 Å². The molecule has 0 saturated carbocycles. The summed E-state index contributed by atoms with van der Waals surface area (Å²) in [7, 11) is 0. The number of fused-ring (bicyclic) bond motifs is 3. The van der Waals surface area contributed by atoms with Crippen molar-refractivity contribution >= 4 is 11.6 Å². The third-order valence-corrected chi connectivity index (χ3v) is 5.10. The average Bonchev–Trinajstić information content (AvgIpc) is 3.43. The Kier molecular flexibility index (Phi) is 3.94. The van der Waals surface area contributed by atoms with Crippen LogP contribution in [0.25, 0.3) is 16.9 Å². The molecule has 7 nitrogen and oxygen atoms in total. The van der Waals surface area contributed by atoms with Gasteiger partial charge < -0.3 is 10.1 Å². The van der Waals surface area contributed by atoms with E-state index in [4.69, 9.17) is 4.74 Å². The van der Waals surface area contributed by atoms with E-state index in [1.807, 2.05) is 42.6 Å². The molecule has 5 heterocycles. The van der Waals surface area contributed by atoms with Crippen LogP contribution in [0, 0.1) is 5.92 Å². The van der Waals surface area contributed by atoms with Crippen molar-refractivity contribution in [3.05, 3.63) is 60.7 Å². The first-order valence-electron chi connectivity index (χ1n) is 9.13. The van der Waals surface area contributed by atoms with Gasteiger partial charge in [0.05, 0.1) is 29.5 Å². The van der Waals surface area contributed by atoms with Gasteiger partial charge in [-0.2, -0.15) is 5.10 Å². The van der Waals surface area contributed by atoms with Crippen molar-refractivity contribution < 1.29 is 9.53 Å². The molecule has 0 unspecified atom stereocenters. The quantitative estimate of drug-likeness (QED) is 0.701. The van der Waals surface area contributed by atoms with Gasteiger partial charge in [0.1, 0.15) is 0 Å². The highest BCUT2D eigenvalue weighted by atomic mass is 16.5. The summed E-state index contributed by atoms with van der Waals surface area (Å²) in [6.45, 7) is 0.553. The molecule has 0 aromatic carbocycles. The summed E-state index contributed by atoms with van der Waals surface area (Å²) in [5.74, 6) is -0.000585. The van der Waals surface area contributed by atoms with Crippen LogP contribution in [0.15, 0.2) is 55.0 Å². The summed E-state index contributed by atoms with van der Waals surface area (Å²) < 4.78 is 7.42. The molecule has 5 rings (SSSR count). The Morgan fingerprint density at radius 3 is 2.93 bits per heavy atom. The van der Waals surface area contributed by atoms with Gasteiger partial charge >= 0.3 is 0 Å². The summed E-state index contributed by atoms with van der Waals surface area (Å²) >= 11 is 0. The van der Waals surface area contributed by atoms with Crippen molar-refractivity contribution in [2.24, 2.45) is 5.92 Å². The fourth-order valence-corrected chi connectivity index (χ4v) is 3.71. The minimum Gasteiger partial charge on any atom is -0.366 e. The first-order chi connectivity index (χ1) is 13.3. The monoisotopic (exact) mass is 361 g/mol. The zero-order valence-electron chi connectivity index (χ0n) is 14.7. The van der Waals surface area contributed by atoms with Crippen LogP contribution in [0.2, 0.25) is 0 Å². The van der Waals surface area contributed by atoms with Gasteiger partial charge in [0.25, 0.3) is 0 Å². The second-order valence-corrected chi connectivity index (χ2v) is 6.89. The van der Waals surface area contributed by atoms with E-state index >= 15 is 0 Å². The minimum absolute atomic E-state index is 0.0546. The highest BCUT2D eigenvalue weighted by Crippen LogP contribution is 2.33. The fraction of sp³-hybridized carbons (Fsp3) is 0.300. The van der Waals surface area contributed by atoms with E-state index in [1.54, 1.807) is 16.9 Å². The molecule has 0 aliphatic carbocycles. The Morgan fingerprint density at radius 2 is 2.15 bits per heavy atom. The maximum absolute atomic E-state index is 12.3. The zero-order chi connectivity index (χ0) is 18.2. The van der Waals surface area contributed by atoms with Gasteiger partial charge in [-0.15, -0.1) is 0 Å². The molecule has 3 atom stereocenters. The number of hydrogen-bond donors (Lipinski definition) is 1. The standard InChI is InChI=1S/C20H19N5O2/c26-20(16-12-15-1-2-18(16)27-15)22-9-5-14-11-19-23-17(6-10-25(19)24-14)13-3-7-21-8-4-13/h1-4,6-8,10-11,15-16,18H,5,9,12H2,(H,22,26)/t15-,16-,18+/m1/s1. The maximum atomic E-state index is 12.3. The first-order valence-corrected chi connectivity index (χ1v) is 9.13. The Labute approximate surface area is 156 Å². The summed E-state index contributed by atoms with van der Waals surface area (Å²) in [6, 6.07) is 7.75. The Bertz CT molecular complexity index is 1010. The van der Waals surface area contributed by atoms with Crippen LogP contribution < -0.4 is 5.32 Å². The highest BCUT2D eigenvalue weighted by molar-refractivity contribution is 5.80. The molecule has 3 aromatic rings. The number of nitrogens with one attached hydrogen (secondary N) is 1. The summed E-state index contributed by atoms with van der Waals surface area (Å²) in [5, 5.41) is 7.54. The topological polar surface area (TPSA) is 81.4 Å². The lowest BCUT2D eigenvalue weighted by molar-refractivity contribution is -0.125. The number of hydrogen-bond acceptors (Lipinski definition) is 5. The second-order valence-electron chi connectivity index (χ2n) is 6.89. The number of carbonyl (C=O) groups is 1. The molecule has 1 N–H and O–H groups in total. The zero-order valence-corrected chi connectivity index (χ0v) is 14.7. The van der Waals surface area contributed by atoms with Crippen LogP contribution in [-0.2, 0) is 16.0 Å². The van der Waals surface area contributed by atoms with Crippen LogP contribution in [0.5, 0.6) is 0 Å². The van der Waals surface area contributed by atoms with E-state index < -0.39 is 0 Å². The maximum Gasteiger partial charge on any atom is 0.226 e. The number of ether oxygens (including phenoxy) is 1. The second kappa shape index (κ2) is 6.59. The largest absolute Gasteiger partial charge is 0.366 e. The van der Waals surface area contributed by atoms with Crippen molar-refractivity contribution in [2.75, 3.05) is 6.54 Å². The molecular weight excluding hydrogens is 342 g/mol. The predicted molar refractivity (Wildman–Crippen MR) is 98.8 cm³/mol. The van der Waals surface area contributed by atoms with E-state index in [0.717, 1.165) is 29.0 Å². The van der Waals surface area contributed by atoms with Crippen LogP contribution in [0.1, 0.15) is 12.1 Å². The van der Waals surface area contributed by atoms with Crippen molar-refractivity contribution in [1.29, 1.82) is 0 Å². The predicted octanol–water partition coefficient (Wildman–Crippen LogP) is 1.79. The van der Waals surface area contributed by atoms with Crippen LogP contribution in [0.3, 0.4) is 0 Å². The van der Waals surface area contributed by atoms with E-state index in [1.165, 1.54) is 0 Å². The molecule has 0 spiro atoms. The SMILES string of the molecule is O=C(NCCc1cc2nc(-c3ccncc3)ccn2n1)[C@@H]1C[C@H]2C=C[C@@H]1O2. The molecule has 7 heteroatoms. The Morgan fingerprint density at radius 1 is 1.26 bits per heavy atom. The van der Waals surface area contributed by atoms with Gasteiger partial charge in [0, 0.05) is 43.2 Å². The van der Waals surface area contributed by atoms with E-state index in [2.05, 4.69) is 20.4 Å². The number of pyridine rings is 1. The third kappa shape index (κ3) is 3.10. The number of nitrogens with zero attached hydrogens (tertiary/aromatic N) is 4. The van der Waals surface area contributed by atoms with E-state index in [-0.39, 0.29) is 24.0 Å². The molecule has 2 bridgehead atoms. The van der Waals surface area contributed by atoms with Crippen LogP contribution >= 0.6 is 0 Å². The molecule has 2 aliphatic rings. The smallest absolute Gasteiger partial charge is 0.226 e. The summed E-state index contributed by atoms with van der Waals surface area (Å²) in [5.41, 5.74) is 3.59. The lowest BCUT2D eigenvalue weighted by Crippen LogP contribution is -2.36. The van der Waals surface area contributed by atoms with Crippen LogP contribution in [0.4, 0.5) is 0 Å². The van der Waals surface area contributed by atoms with Gasteiger partial charge in [-0.05, 0) is 24.6 Å². The average molecular weight is 361 g/mol. The molecule has 1 fully saturated rings.